The van der Waals surface area contributed by atoms with Crippen LogP contribution in [0.2, 0.25) is 0 Å². The fraction of sp³-hybridized carbons (Fsp3) is 0. The largest absolute Gasteiger partial charge is 0.311 e. The summed E-state index contributed by atoms with van der Waals surface area (Å²) in [5, 5.41) is 12.7. The molecule has 0 saturated heterocycles. The molecule has 112 heavy (non-hydrogen) atoms. The first-order chi connectivity index (χ1) is 55.6. The Labute approximate surface area is 657 Å². The van der Waals surface area contributed by atoms with Crippen LogP contribution in [0.1, 0.15) is 0 Å². The van der Waals surface area contributed by atoms with Gasteiger partial charge in [0.1, 0.15) is 0 Å². The normalized spacial score (nSPS) is 11.6. The van der Waals surface area contributed by atoms with E-state index in [1.807, 2.05) is 22.7 Å². The lowest BCUT2D eigenvalue weighted by atomic mass is 9.97. The van der Waals surface area contributed by atoms with Crippen molar-refractivity contribution >= 4 is 152 Å². The van der Waals surface area contributed by atoms with Crippen LogP contribution in [0.15, 0.2) is 425 Å². The van der Waals surface area contributed by atoms with E-state index in [9.17, 15) is 0 Å². The minimum atomic E-state index is 1.10. The van der Waals surface area contributed by atoms with Gasteiger partial charge >= 0.3 is 0 Å². The molecule has 0 aliphatic carbocycles. The monoisotopic (exact) mass is 1460 g/mol. The van der Waals surface area contributed by atoms with Crippen molar-refractivity contribution in [2.45, 2.75) is 0 Å². The number of para-hydroxylation sites is 5. The van der Waals surface area contributed by atoms with Gasteiger partial charge in [0.2, 0.25) is 0 Å². The lowest BCUT2D eigenvalue weighted by Crippen LogP contribution is -2.09. The summed E-state index contributed by atoms with van der Waals surface area (Å²) in [6, 6.07) is 154. The van der Waals surface area contributed by atoms with Crippen molar-refractivity contribution < 1.29 is 0 Å². The first kappa shape index (κ1) is 66.1. The first-order valence-corrected chi connectivity index (χ1v) is 39.8. The molecule has 0 amide bonds. The van der Waals surface area contributed by atoms with Crippen molar-refractivity contribution in [1.29, 1.82) is 0 Å². The Morgan fingerprint density at radius 1 is 0.179 bits per heavy atom. The molecule has 4 heterocycles. The van der Waals surface area contributed by atoms with Crippen LogP contribution < -0.4 is 9.80 Å². The second-order valence-electron chi connectivity index (χ2n) is 28.7. The summed E-state index contributed by atoms with van der Waals surface area (Å²) >= 11 is 3.80. The maximum absolute atomic E-state index is 2.44. The van der Waals surface area contributed by atoms with Gasteiger partial charge in [0.25, 0.3) is 0 Å². The molecule has 0 aliphatic rings. The highest BCUT2D eigenvalue weighted by Gasteiger charge is 2.24. The Bertz CT molecular complexity index is 7130. The Morgan fingerprint density at radius 2 is 0.473 bits per heavy atom. The summed E-state index contributed by atoms with van der Waals surface area (Å²) < 4.78 is 10.1. The SMILES string of the molecule is c1ccc(-n2c3ccccc3c3sc4c(-c5ccc(N(c6ccc(-c7cccc8ccccc78)cc6)c6ccc(-c7cccc8ccccc78)cc6)cc5)cccc4c32)cc1.c1ccc(N(c2ccc(-c3ccc4ccccc4c3)cc2)c2ccc(-c3cccc4c3sc3c5ccccc5n(-c5ccccc5)c43)cc2)cc1. The standard InChI is InChI=1S/C58H38N2S.C48H32N2S/c1-2-17-44(18-3-1)60-55-26-9-8-21-53(55)58-56(60)54-25-12-24-52(57(54)61-58)43-31-37-47(38-32-43)59(45-33-27-41(28-34-45)50-22-10-15-39-13-4-6-19-48(39)50)46-35-29-42(30-36-46)51-23-11-16-40-14-5-7-20-49(40)51;1-3-14-38(15-4-1)49(40-28-24-34(25-29-40)37-23-22-33-12-7-8-13-36(33)32-37)41-30-26-35(27-31-41)42-19-11-20-44-46-48(51-47(42)44)43-18-9-10-21-45(43)50(46)39-16-5-2-6-17-39/h1-38H;1-32H. The van der Waals surface area contributed by atoms with E-state index in [-0.39, 0.29) is 0 Å². The number of aromatic nitrogens is 2. The molecule has 0 bridgehead atoms. The summed E-state index contributed by atoms with van der Waals surface area (Å²) in [5.74, 6) is 0. The molecule has 0 unspecified atom stereocenters. The number of hydrogen-bond donors (Lipinski definition) is 0. The van der Waals surface area contributed by atoms with E-state index in [1.165, 1.54) is 162 Å². The van der Waals surface area contributed by atoms with Gasteiger partial charge in [-0.1, -0.05) is 309 Å². The van der Waals surface area contributed by atoms with Crippen molar-refractivity contribution in [1.82, 2.24) is 9.13 Å². The van der Waals surface area contributed by atoms with Crippen LogP contribution in [0.5, 0.6) is 0 Å². The molecular weight excluding hydrogens is 1390 g/mol. The maximum Gasteiger partial charge on any atom is 0.0727 e. The molecule has 6 heteroatoms. The first-order valence-electron chi connectivity index (χ1n) is 38.2. The number of benzene rings is 18. The average Bonchev–Trinajstić information content (AvgIpc) is 1.56. The number of fused-ring (bicyclic) bond motifs is 13. The van der Waals surface area contributed by atoms with Crippen molar-refractivity contribution in [2.75, 3.05) is 9.80 Å². The van der Waals surface area contributed by atoms with Crippen LogP contribution >= 0.6 is 22.7 Å². The summed E-state index contributed by atoms with van der Waals surface area (Å²) in [5.41, 5.74) is 26.3. The number of hydrogen-bond acceptors (Lipinski definition) is 4. The van der Waals surface area contributed by atoms with Gasteiger partial charge in [-0.05, 0) is 203 Å². The van der Waals surface area contributed by atoms with Gasteiger partial charge < -0.3 is 18.9 Å². The van der Waals surface area contributed by atoms with Gasteiger partial charge in [-0.3, -0.25) is 0 Å². The molecule has 0 radical (unpaired) electrons. The lowest BCUT2D eigenvalue weighted by molar-refractivity contribution is 1.19. The summed E-state index contributed by atoms with van der Waals surface area (Å²) in [6.45, 7) is 0. The third-order valence-corrected chi connectivity index (χ3v) is 24.7. The molecular formula is C106H70N4S2. The third-order valence-electron chi connectivity index (χ3n) is 22.2. The van der Waals surface area contributed by atoms with E-state index in [1.54, 1.807) is 0 Å². The predicted octanol–water partition coefficient (Wildman–Crippen LogP) is 30.7. The zero-order valence-electron chi connectivity index (χ0n) is 61.0. The second-order valence-corrected chi connectivity index (χ2v) is 30.7. The lowest BCUT2D eigenvalue weighted by Gasteiger charge is -2.26. The number of anilines is 6. The van der Waals surface area contributed by atoms with Gasteiger partial charge in [0.15, 0.2) is 0 Å². The quantitative estimate of drug-likeness (QED) is 0.114. The second kappa shape index (κ2) is 28.1. The van der Waals surface area contributed by atoms with Crippen LogP contribution in [0.4, 0.5) is 34.1 Å². The Morgan fingerprint density at radius 3 is 0.902 bits per heavy atom. The molecule has 18 aromatic carbocycles. The molecule has 4 aromatic heterocycles. The number of rotatable bonds is 13. The highest BCUT2D eigenvalue weighted by Crippen LogP contribution is 2.50. The smallest absolute Gasteiger partial charge is 0.0727 e. The van der Waals surface area contributed by atoms with Gasteiger partial charge in [0.05, 0.1) is 31.5 Å². The fourth-order valence-corrected chi connectivity index (χ4v) is 19.6. The van der Waals surface area contributed by atoms with Crippen molar-refractivity contribution in [3.63, 3.8) is 0 Å². The van der Waals surface area contributed by atoms with Crippen LogP contribution in [0.3, 0.4) is 0 Å². The minimum Gasteiger partial charge on any atom is -0.311 e. The number of nitrogens with zero attached hydrogens (tertiary/aromatic N) is 4. The molecule has 22 aromatic rings. The molecule has 0 fully saturated rings. The van der Waals surface area contributed by atoms with Crippen LogP contribution in [0.25, 0.3) is 162 Å². The highest BCUT2D eigenvalue weighted by molar-refractivity contribution is 7.27. The number of thiophene rings is 2. The van der Waals surface area contributed by atoms with E-state index in [0.29, 0.717) is 0 Å². The zero-order chi connectivity index (χ0) is 74.0. The molecule has 526 valence electrons. The van der Waals surface area contributed by atoms with Crippen molar-refractivity contribution in [2.24, 2.45) is 0 Å². The van der Waals surface area contributed by atoms with Crippen LogP contribution in [0, 0.1) is 0 Å². The minimum absolute atomic E-state index is 1.10. The summed E-state index contributed by atoms with van der Waals surface area (Å²) in [4.78, 5) is 4.71. The zero-order valence-corrected chi connectivity index (χ0v) is 62.7. The average molecular weight is 1460 g/mol. The van der Waals surface area contributed by atoms with Gasteiger partial charge in [-0.25, -0.2) is 0 Å². The van der Waals surface area contributed by atoms with Crippen LogP contribution in [-0.2, 0) is 0 Å². The third kappa shape index (κ3) is 11.7. The van der Waals surface area contributed by atoms with Crippen molar-refractivity contribution in [3.8, 4) is 67.0 Å². The van der Waals surface area contributed by atoms with E-state index >= 15 is 0 Å². The Balaban J connectivity index is 0.000000144. The van der Waals surface area contributed by atoms with Crippen molar-refractivity contribution in [3.05, 3.63) is 425 Å². The Hall–Kier alpha value is -14.1. The Kier molecular flexibility index (Phi) is 16.6. The van der Waals surface area contributed by atoms with Gasteiger partial charge in [0, 0.05) is 76.4 Å². The van der Waals surface area contributed by atoms with E-state index < -0.39 is 0 Å². The topological polar surface area (TPSA) is 16.3 Å². The van der Waals surface area contributed by atoms with Crippen LogP contribution in [-0.4, -0.2) is 9.13 Å². The molecule has 22 rings (SSSR count). The molecule has 0 saturated carbocycles. The maximum atomic E-state index is 2.44. The summed E-state index contributed by atoms with van der Waals surface area (Å²) in [6.07, 6.45) is 0. The predicted molar refractivity (Wildman–Crippen MR) is 481 cm³/mol. The van der Waals surface area contributed by atoms with Gasteiger partial charge in [-0.2, -0.15) is 0 Å². The molecule has 0 aliphatic heterocycles. The van der Waals surface area contributed by atoms with Gasteiger partial charge in [-0.15, -0.1) is 22.7 Å². The fourth-order valence-electron chi connectivity index (χ4n) is 16.9. The highest BCUT2D eigenvalue weighted by atomic mass is 32.1. The summed E-state index contributed by atoms with van der Waals surface area (Å²) in [7, 11) is 0. The van der Waals surface area contributed by atoms with E-state index in [2.05, 4.69) is 444 Å². The van der Waals surface area contributed by atoms with E-state index in [4.69, 9.17) is 0 Å². The molecule has 0 atom stereocenters. The molecule has 0 spiro atoms. The van der Waals surface area contributed by atoms with E-state index in [0.717, 1.165) is 34.1 Å². The molecule has 4 nitrogen and oxygen atoms in total. The molecule has 0 N–H and O–H groups in total.